The zero-order valence-corrected chi connectivity index (χ0v) is 15.3. The van der Waals surface area contributed by atoms with Crippen molar-refractivity contribution in [3.05, 3.63) is 48.3 Å². The van der Waals surface area contributed by atoms with Crippen molar-refractivity contribution in [2.75, 3.05) is 5.01 Å². The van der Waals surface area contributed by atoms with Crippen LogP contribution in [0.15, 0.2) is 47.8 Å². The van der Waals surface area contributed by atoms with Crippen LogP contribution in [0.5, 0.6) is 0 Å². The molecule has 0 saturated heterocycles. The minimum atomic E-state index is -0.141. The number of nitrogens with zero attached hydrogens (tertiary/aromatic N) is 5. The number of amides is 2. The van der Waals surface area contributed by atoms with Gasteiger partial charge in [0, 0.05) is 44.2 Å². The van der Waals surface area contributed by atoms with Crippen LogP contribution < -0.4 is 5.01 Å². The third kappa shape index (κ3) is 3.82. The van der Waals surface area contributed by atoms with Gasteiger partial charge in [-0.1, -0.05) is 18.2 Å². The zero-order chi connectivity index (χ0) is 18.7. The van der Waals surface area contributed by atoms with Crippen LogP contribution in [-0.2, 0) is 23.2 Å². The summed E-state index contributed by atoms with van der Waals surface area (Å²) in [5, 5.41) is 9.86. The van der Waals surface area contributed by atoms with Crippen LogP contribution in [0.4, 0.5) is 5.69 Å². The Labute approximate surface area is 152 Å². The van der Waals surface area contributed by atoms with Gasteiger partial charge in [0.05, 0.1) is 11.9 Å². The molecule has 1 aromatic heterocycles. The van der Waals surface area contributed by atoms with E-state index in [1.165, 1.54) is 5.01 Å². The summed E-state index contributed by atoms with van der Waals surface area (Å²) < 4.78 is 1.71. The molecule has 0 aliphatic carbocycles. The van der Waals surface area contributed by atoms with Gasteiger partial charge in [0.1, 0.15) is 5.71 Å². The number of aromatic nitrogens is 2. The van der Waals surface area contributed by atoms with Gasteiger partial charge in [-0.15, -0.1) is 0 Å². The average Bonchev–Trinajstić information content (AvgIpc) is 3.05. The first-order valence-electron chi connectivity index (χ1n) is 8.69. The second-order valence-corrected chi connectivity index (χ2v) is 6.64. The van der Waals surface area contributed by atoms with E-state index >= 15 is 0 Å². The lowest BCUT2D eigenvalue weighted by atomic mass is 10.1. The topological polar surface area (TPSA) is 70.8 Å². The summed E-state index contributed by atoms with van der Waals surface area (Å²) in [4.78, 5) is 27.1. The highest BCUT2D eigenvalue weighted by Gasteiger charge is 2.29. The number of anilines is 1. The van der Waals surface area contributed by atoms with Crippen LogP contribution in [0, 0.1) is 0 Å². The van der Waals surface area contributed by atoms with E-state index in [9.17, 15) is 9.59 Å². The Hall–Kier alpha value is -2.96. The molecule has 2 amide bonds. The van der Waals surface area contributed by atoms with Crippen LogP contribution in [0.3, 0.4) is 0 Å². The van der Waals surface area contributed by atoms with Gasteiger partial charge in [-0.3, -0.25) is 14.3 Å². The van der Waals surface area contributed by atoms with Crippen molar-refractivity contribution in [1.82, 2.24) is 14.7 Å². The smallest absolute Gasteiger partial charge is 0.270 e. The molecule has 0 saturated carbocycles. The Morgan fingerprint density at radius 2 is 1.96 bits per heavy atom. The predicted octanol–water partition coefficient (Wildman–Crippen LogP) is 2.34. The fourth-order valence-electron chi connectivity index (χ4n) is 2.88. The molecule has 0 bridgehead atoms. The van der Waals surface area contributed by atoms with E-state index in [4.69, 9.17) is 0 Å². The van der Waals surface area contributed by atoms with E-state index in [0.717, 1.165) is 5.56 Å². The van der Waals surface area contributed by atoms with Gasteiger partial charge in [-0.05, 0) is 26.0 Å². The first kappa shape index (κ1) is 17.8. The molecule has 0 unspecified atom stereocenters. The molecular formula is C19H23N5O2. The van der Waals surface area contributed by atoms with Crippen LogP contribution in [-0.4, -0.2) is 38.2 Å². The number of carbonyl (C=O) groups is 2. The van der Waals surface area contributed by atoms with Gasteiger partial charge >= 0.3 is 0 Å². The first-order chi connectivity index (χ1) is 12.5. The molecule has 1 aromatic carbocycles. The second-order valence-electron chi connectivity index (χ2n) is 6.64. The largest absolute Gasteiger partial charge is 0.331 e. The standard InChI is InChI=1S/C19H23N5O2/c1-14(2)23(13-15-11-20-22(3)12-15)19(26)17-9-10-18(25)24(21-17)16-7-5-4-6-8-16/h4-8,11-12,14H,9-10,13H2,1-3H3. The fourth-order valence-corrected chi connectivity index (χ4v) is 2.88. The summed E-state index contributed by atoms with van der Waals surface area (Å²) in [7, 11) is 1.85. The molecule has 1 aliphatic heterocycles. The molecule has 136 valence electrons. The van der Waals surface area contributed by atoms with Gasteiger partial charge in [0.2, 0.25) is 5.91 Å². The number of carbonyl (C=O) groups excluding carboxylic acids is 2. The highest BCUT2D eigenvalue weighted by molar-refractivity contribution is 6.40. The number of aryl methyl sites for hydroxylation is 1. The van der Waals surface area contributed by atoms with E-state index in [2.05, 4.69) is 10.2 Å². The summed E-state index contributed by atoms with van der Waals surface area (Å²) >= 11 is 0. The van der Waals surface area contributed by atoms with Crippen molar-refractivity contribution in [2.45, 2.75) is 39.3 Å². The zero-order valence-electron chi connectivity index (χ0n) is 15.3. The molecule has 3 rings (SSSR count). The Kier molecular flexibility index (Phi) is 5.16. The number of hydrogen-bond donors (Lipinski definition) is 0. The molecule has 0 N–H and O–H groups in total. The van der Waals surface area contributed by atoms with Crippen molar-refractivity contribution in [3.8, 4) is 0 Å². The van der Waals surface area contributed by atoms with Gasteiger partial charge in [0.25, 0.3) is 5.91 Å². The second kappa shape index (κ2) is 7.51. The molecule has 26 heavy (non-hydrogen) atoms. The molecule has 7 nitrogen and oxygen atoms in total. The molecule has 0 fully saturated rings. The summed E-state index contributed by atoms with van der Waals surface area (Å²) in [6.45, 7) is 4.40. The molecule has 0 radical (unpaired) electrons. The minimum absolute atomic E-state index is 0.00760. The highest BCUT2D eigenvalue weighted by atomic mass is 16.2. The molecule has 1 aliphatic rings. The maximum absolute atomic E-state index is 13.1. The quantitative estimate of drug-likeness (QED) is 0.828. The molecule has 7 heteroatoms. The Balaban J connectivity index is 1.85. The van der Waals surface area contributed by atoms with E-state index in [0.29, 0.717) is 24.4 Å². The van der Waals surface area contributed by atoms with Crippen LogP contribution in [0.1, 0.15) is 32.3 Å². The molecule has 2 heterocycles. The first-order valence-corrected chi connectivity index (χ1v) is 8.69. The van der Waals surface area contributed by atoms with Gasteiger partial charge < -0.3 is 4.90 Å². The molecule has 0 atom stereocenters. The van der Waals surface area contributed by atoms with Gasteiger partial charge in [-0.25, -0.2) is 5.01 Å². The number of rotatable bonds is 5. The van der Waals surface area contributed by atoms with Crippen molar-refractivity contribution < 1.29 is 9.59 Å². The van der Waals surface area contributed by atoms with E-state index in [-0.39, 0.29) is 24.3 Å². The summed E-state index contributed by atoms with van der Waals surface area (Å²) in [6, 6.07) is 9.19. The summed E-state index contributed by atoms with van der Waals surface area (Å²) in [5.74, 6) is -0.242. The van der Waals surface area contributed by atoms with Crippen molar-refractivity contribution in [2.24, 2.45) is 12.1 Å². The number of hydrogen-bond acceptors (Lipinski definition) is 4. The average molecular weight is 353 g/mol. The van der Waals surface area contributed by atoms with Crippen LogP contribution in [0.2, 0.25) is 0 Å². The molecular weight excluding hydrogens is 330 g/mol. The van der Waals surface area contributed by atoms with Crippen molar-refractivity contribution in [3.63, 3.8) is 0 Å². The molecule has 0 spiro atoms. The highest BCUT2D eigenvalue weighted by Crippen LogP contribution is 2.21. The fraction of sp³-hybridized carbons (Fsp3) is 0.368. The normalized spacial score (nSPS) is 14.5. The van der Waals surface area contributed by atoms with Gasteiger partial charge in [-0.2, -0.15) is 10.2 Å². The Morgan fingerprint density at radius 1 is 1.23 bits per heavy atom. The predicted molar refractivity (Wildman–Crippen MR) is 99.5 cm³/mol. The SMILES string of the molecule is CC(C)N(Cc1cnn(C)c1)C(=O)C1=NN(c2ccccc2)C(=O)CC1. The van der Waals surface area contributed by atoms with E-state index in [1.54, 1.807) is 15.8 Å². The minimum Gasteiger partial charge on any atom is -0.331 e. The van der Waals surface area contributed by atoms with Crippen molar-refractivity contribution in [1.29, 1.82) is 0 Å². The maximum Gasteiger partial charge on any atom is 0.270 e. The van der Waals surface area contributed by atoms with Crippen molar-refractivity contribution >= 4 is 23.2 Å². The molecule has 2 aromatic rings. The number of para-hydroxylation sites is 1. The van der Waals surface area contributed by atoms with E-state index in [1.807, 2.05) is 57.4 Å². The summed E-state index contributed by atoms with van der Waals surface area (Å²) in [6.07, 6.45) is 4.28. The van der Waals surface area contributed by atoms with Gasteiger partial charge in [0.15, 0.2) is 0 Å². The lowest BCUT2D eigenvalue weighted by Gasteiger charge is -2.29. The third-order valence-electron chi connectivity index (χ3n) is 4.28. The van der Waals surface area contributed by atoms with Crippen LogP contribution >= 0.6 is 0 Å². The monoisotopic (exact) mass is 353 g/mol. The van der Waals surface area contributed by atoms with Crippen LogP contribution in [0.25, 0.3) is 0 Å². The summed E-state index contributed by atoms with van der Waals surface area (Å²) in [5.41, 5.74) is 2.04. The lowest BCUT2D eigenvalue weighted by Crippen LogP contribution is -2.44. The number of benzene rings is 1. The lowest BCUT2D eigenvalue weighted by molar-refractivity contribution is -0.126. The number of hydrazone groups is 1. The maximum atomic E-state index is 13.1. The Bertz CT molecular complexity index is 825. The van der Waals surface area contributed by atoms with E-state index < -0.39 is 0 Å². The third-order valence-corrected chi connectivity index (χ3v) is 4.28. The Morgan fingerprint density at radius 3 is 2.58 bits per heavy atom.